The molecule has 2 atom stereocenters. The highest BCUT2D eigenvalue weighted by atomic mass is 16.5. The molecule has 3 N–H and O–H groups in total. The van der Waals surface area contributed by atoms with E-state index in [1.54, 1.807) is 7.11 Å². The van der Waals surface area contributed by atoms with Crippen molar-refractivity contribution >= 4 is 5.91 Å². The molecule has 20 heavy (non-hydrogen) atoms. The lowest BCUT2D eigenvalue weighted by Gasteiger charge is -2.43. The summed E-state index contributed by atoms with van der Waals surface area (Å²) in [4.78, 5) is 12.2. The summed E-state index contributed by atoms with van der Waals surface area (Å²) in [5, 5.41) is 3.38. The van der Waals surface area contributed by atoms with Crippen LogP contribution in [0.1, 0.15) is 37.2 Å². The second-order valence-electron chi connectivity index (χ2n) is 5.46. The van der Waals surface area contributed by atoms with Crippen LogP contribution in [0.4, 0.5) is 0 Å². The molecule has 0 bridgehead atoms. The van der Waals surface area contributed by atoms with Gasteiger partial charge in [0.1, 0.15) is 5.54 Å². The number of benzene rings is 1. The summed E-state index contributed by atoms with van der Waals surface area (Å²) in [6.07, 6.45) is 3.96. The van der Waals surface area contributed by atoms with Gasteiger partial charge < -0.3 is 15.8 Å². The van der Waals surface area contributed by atoms with Crippen molar-refractivity contribution in [3.05, 3.63) is 35.9 Å². The number of nitrogens with two attached hydrogens (primary N) is 1. The highest BCUT2D eigenvalue weighted by molar-refractivity contribution is 5.86. The molecule has 0 saturated heterocycles. The highest BCUT2D eigenvalue weighted by Gasteiger charge is 2.45. The van der Waals surface area contributed by atoms with Crippen LogP contribution in [0.15, 0.2) is 30.3 Å². The van der Waals surface area contributed by atoms with Crippen molar-refractivity contribution in [2.24, 2.45) is 5.73 Å². The molecule has 1 aliphatic rings. The average Bonchev–Trinajstić information content (AvgIpc) is 2.48. The van der Waals surface area contributed by atoms with Crippen LogP contribution in [0.5, 0.6) is 0 Å². The molecular weight excluding hydrogens is 252 g/mol. The Morgan fingerprint density at radius 1 is 1.40 bits per heavy atom. The Bertz CT molecular complexity index is 435. The summed E-state index contributed by atoms with van der Waals surface area (Å²) in [7, 11) is 1.66. The van der Waals surface area contributed by atoms with E-state index < -0.39 is 5.54 Å². The largest absolute Gasteiger partial charge is 0.383 e. The van der Waals surface area contributed by atoms with Crippen molar-refractivity contribution < 1.29 is 9.53 Å². The first-order valence-corrected chi connectivity index (χ1v) is 7.29. The molecular formula is C16H24N2O2. The maximum absolute atomic E-state index is 12.2. The zero-order valence-electron chi connectivity index (χ0n) is 12.1. The molecule has 0 aliphatic heterocycles. The van der Waals surface area contributed by atoms with E-state index in [-0.39, 0.29) is 11.8 Å². The van der Waals surface area contributed by atoms with Crippen LogP contribution in [0.25, 0.3) is 0 Å². The van der Waals surface area contributed by atoms with Crippen LogP contribution >= 0.6 is 0 Å². The van der Waals surface area contributed by atoms with Gasteiger partial charge >= 0.3 is 0 Å². The monoisotopic (exact) mass is 276 g/mol. The summed E-state index contributed by atoms with van der Waals surface area (Å²) in [5.74, 6) is -0.103. The smallest absolute Gasteiger partial charge is 0.238 e. The Balaban J connectivity index is 2.27. The van der Waals surface area contributed by atoms with Crippen LogP contribution in [0.2, 0.25) is 0 Å². The lowest BCUT2D eigenvalue weighted by Crippen LogP contribution is -2.61. The average molecular weight is 276 g/mol. The Hall–Kier alpha value is -1.39. The molecule has 1 amide bonds. The Morgan fingerprint density at radius 3 is 2.80 bits per heavy atom. The lowest BCUT2D eigenvalue weighted by atomic mass is 9.69. The second kappa shape index (κ2) is 6.86. The van der Waals surface area contributed by atoms with Crippen molar-refractivity contribution in [1.82, 2.24) is 5.32 Å². The van der Waals surface area contributed by atoms with Gasteiger partial charge in [-0.05, 0) is 18.4 Å². The van der Waals surface area contributed by atoms with E-state index in [1.807, 2.05) is 18.2 Å². The predicted octanol–water partition coefficient (Wildman–Crippen LogP) is 1.80. The van der Waals surface area contributed by atoms with Crippen LogP contribution in [0.3, 0.4) is 0 Å². The number of carbonyl (C=O) groups excluding carboxylic acids is 1. The van der Waals surface area contributed by atoms with Crippen molar-refractivity contribution in [2.75, 3.05) is 20.3 Å². The van der Waals surface area contributed by atoms with E-state index in [2.05, 4.69) is 17.4 Å². The van der Waals surface area contributed by atoms with Gasteiger partial charge in [0.2, 0.25) is 5.91 Å². The van der Waals surface area contributed by atoms with Gasteiger partial charge in [-0.2, -0.15) is 0 Å². The normalized spacial score (nSPS) is 26.4. The molecule has 4 nitrogen and oxygen atoms in total. The molecule has 1 aromatic rings. The van der Waals surface area contributed by atoms with E-state index in [0.29, 0.717) is 13.2 Å². The van der Waals surface area contributed by atoms with Gasteiger partial charge in [0.15, 0.2) is 0 Å². The third kappa shape index (κ3) is 3.02. The summed E-state index contributed by atoms with van der Waals surface area (Å²) in [6, 6.07) is 10.2. The quantitative estimate of drug-likeness (QED) is 0.779. The second-order valence-corrected chi connectivity index (χ2v) is 5.46. The fourth-order valence-corrected chi connectivity index (χ4v) is 3.28. The molecule has 110 valence electrons. The van der Waals surface area contributed by atoms with Crippen molar-refractivity contribution in [1.29, 1.82) is 0 Å². The molecule has 4 heteroatoms. The van der Waals surface area contributed by atoms with E-state index in [9.17, 15) is 4.79 Å². The highest BCUT2D eigenvalue weighted by Crippen LogP contribution is 2.40. The third-order valence-electron chi connectivity index (χ3n) is 4.30. The molecule has 0 heterocycles. The minimum absolute atomic E-state index is 0.145. The number of amides is 1. The summed E-state index contributed by atoms with van der Waals surface area (Å²) in [5.41, 5.74) is 6.32. The molecule has 1 aliphatic carbocycles. The first-order chi connectivity index (χ1) is 9.70. The van der Waals surface area contributed by atoms with Gasteiger partial charge in [0.25, 0.3) is 0 Å². The number of ether oxygens (including phenoxy) is 1. The number of methoxy groups -OCH3 is 1. The molecule has 2 unspecified atom stereocenters. The SMILES string of the molecule is COCCNC1(C(N)=O)CCCCC1c1ccccc1. The maximum atomic E-state index is 12.2. The molecule has 0 spiro atoms. The van der Waals surface area contributed by atoms with E-state index >= 15 is 0 Å². The van der Waals surface area contributed by atoms with Crippen molar-refractivity contribution in [3.8, 4) is 0 Å². The number of hydrogen-bond donors (Lipinski definition) is 2. The number of hydrogen-bond acceptors (Lipinski definition) is 3. The molecule has 1 aromatic carbocycles. The molecule has 1 fully saturated rings. The number of nitrogens with one attached hydrogen (secondary N) is 1. The standard InChI is InChI=1S/C16H24N2O2/c1-20-12-11-18-16(15(17)19)10-6-5-9-14(16)13-7-3-2-4-8-13/h2-4,7-8,14,18H,5-6,9-12H2,1H3,(H2,17,19). The van der Waals surface area contributed by atoms with Crippen molar-refractivity contribution in [3.63, 3.8) is 0 Å². The molecule has 1 saturated carbocycles. The fourth-order valence-electron chi connectivity index (χ4n) is 3.28. The zero-order chi connectivity index (χ0) is 14.4. The number of primary amides is 1. The first-order valence-electron chi connectivity index (χ1n) is 7.29. The summed E-state index contributed by atoms with van der Waals surface area (Å²) < 4.78 is 5.08. The molecule has 2 rings (SSSR count). The zero-order valence-corrected chi connectivity index (χ0v) is 12.1. The minimum Gasteiger partial charge on any atom is -0.383 e. The lowest BCUT2D eigenvalue weighted by molar-refractivity contribution is -0.126. The molecule has 0 radical (unpaired) electrons. The fraction of sp³-hybridized carbons (Fsp3) is 0.562. The van der Waals surface area contributed by atoms with Crippen LogP contribution in [-0.2, 0) is 9.53 Å². The van der Waals surface area contributed by atoms with Gasteiger partial charge in [0, 0.05) is 19.6 Å². The summed E-state index contributed by atoms with van der Waals surface area (Å²) >= 11 is 0. The first kappa shape index (κ1) is 15.0. The summed E-state index contributed by atoms with van der Waals surface area (Å²) in [6.45, 7) is 1.22. The number of rotatable bonds is 6. The topological polar surface area (TPSA) is 64.3 Å². The minimum atomic E-state index is -0.641. The number of carbonyl (C=O) groups is 1. The maximum Gasteiger partial charge on any atom is 0.238 e. The van der Waals surface area contributed by atoms with Gasteiger partial charge in [-0.15, -0.1) is 0 Å². The van der Waals surface area contributed by atoms with Gasteiger partial charge in [-0.3, -0.25) is 4.79 Å². The van der Waals surface area contributed by atoms with E-state index in [0.717, 1.165) is 25.7 Å². The third-order valence-corrected chi connectivity index (χ3v) is 4.30. The van der Waals surface area contributed by atoms with Crippen LogP contribution in [-0.4, -0.2) is 31.7 Å². The van der Waals surface area contributed by atoms with Crippen LogP contribution in [0, 0.1) is 0 Å². The molecule has 0 aromatic heterocycles. The van der Waals surface area contributed by atoms with E-state index in [1.165, 1.54) is 5.56 Å². The Labute approximate surface area is 120 Å². The van der Waals surface area contributed by atoms with Gasteiger partial charge in [-0.25, -0.2) is 0 Å². The Kier molecular flexibility index (Phi) is 5.15. The predicted molar refractivity (Wildman–Crippen MR) is 79.5 cm³/mol. The van der Waals surface area contributed by atoms with Crippen LogP contribution < -0.4 is 11.1 Å². The van der Waals surface area contributed by atoms with Gasteiger partial charge in [0.05, 0.1) is 6.61 Å². The van der Waals surface area contributed by atoms with Gasteiger partial charge in [-0.1, -0.05) is 43.2 Å². The Morgan fingerprint density at radius 2 is 2.15 bits per heavy atom. The van der Waals surface area contributed by atoms with E-state index in [4.69, 9.17) is 10.5 Å². The van der Waals surface area contributed by atoms with Crippen molar-refractivity contribution in [2.45, 2.75) is 37.1 Å².